The molecule has 1 fully saturated rings. The lowest BCUT2D eigenvalue weighted by molar-refractivity contribution is 0.276. The van der Waals surface area contributed by atoms with Gasteiger partial charge in [-0.25, -0.2) is 0 Å². The lowest BCUT2D eigenvalue weighted by Gasteiger charge is -2.23. The van der Waals surface area contributed by atoms with E-state index >= 15 is 0 Å². The number of hydrogen-bond donors (Lipinski definition) is 1. The molecule has 1 aromatic carbocycles. The molecule has 0 aliphatic heterocycles. The highest BCUT2D eigenvalue weighted by atomic mass is 35.5. The van der Waals surface area contributed by atoms with E-state index in [1.54, 1.807) is 0 Å². The van der Waals surface area contributed by atoms with Crippen molar-refractivity contribution in [2.75, 3.05) is 0 Å². The van der Waals surface area contributed by atoms with Crippen molar-refractivity contribution in [3.05, 3.63) is 46.6 Å². The molecule has 1 aliphatic carbocycles. The SMILES string of the molecule is CC1(c2nc(Cc3ccccc3Cl)no2)CCCC1N. The Morgan fingerprint density at radius 2 is 2.25 bits per heavy atom. The maximum absolute atomic E-state index is 6.18. The van der Waals surface area contributed by atoms with Crippen LogP contribution >= 0.6 is 11.6 Å². The van der Waals surface area contributed by atoms with Crippen LogP contribution in [0.3, 0.4) is 0 Å². The highest BCUT2D eigenvalue weighted by molar-refractivity contribution is 6.31. The first kappa shape index (κ1) is 13.6. The molecule has 0 amide bonds. The molecule has 20 heavy (non-hydrogen) atoms. The number of halogens is 1. The van der Waals surface area contributed by atoms with Crippen LogP contribution in [0.1, 0.15) is 43.5 Å². The van der Waals surface area contributed by atoms with Gasteiger partial charge in [-0.1, -0.05) is 41.4 Å². The zero-order chi connectivity index (χ0) is 14.2. The third kappa shape index (κ3) is 2.34. The molecular weight excluding hydrogens is 274 g/mol. The zero-order valence-corrected chi connectivity index (χ0v) is 12.2. The van der Waals surface area contributed by atoms with Crippen LogP contribution in [-0.4, -0.2) is 16.2 Å². The minimum absolute atomic E-state index is 0.0936. The van der Waals surface area contributed by atoms with Gasteiger partial charge in [0.1, 0.15) is 0 Å². The Kier molecular flexibility index (Phi) is 3.52. The Bertz CT molecular complexity index is 613. The van der Waals surface area contributed by atoms with E-state index in [0.29, 0.717) is 18.1 Å². The molecule has 0 saturated heterocycles. The lowest BCUT2D eigenvalue weighted by atomic mass is 9.85. The maximum Gasteiger partial charge on any atom is 0.234 e. The van der Waals surface area contributed by atoms with Crippen LogP contribution in [-0.2, 0) is 11.8 Å². The van der Waals surface area contributed by atoms with E-state index in [9.17, 15) is 0 Å². The summed E-state index contributed by atoms with van der Waals surface area (Å²) in [5.74, 6) is 1.32. The van der Waals surface area contributed by atoms with E-state index in [4.69, 9.17) is 21.9 Å². The van der Waals surface area contributed by atoms with Crippen LogP contribution in [0.4, 0.5) is 0 Å². The van der Waals surface area contributed by atoms with Crippen molar-refractivity contribution in [1.29, 1.82) is 0 Å². The third-order valence-corrected chi connectivity index (χ3v) is 4.66. The fourth-order valence-electron chi connectivity index (χ4n) is 2.83. The first-order chi connectivity index (χ1) is 9.59. The predicted molar refractivity (Wildman–Crippen MR) is 77.7 cm³/mol. The standard InChI is InChI=1S/C15H18ClN3O/c1-15(8-4-7-12(15)17)14-18-13(19-20-14)9-10-5-2-3-6-11(10)16/h2-3,5-6,12H,4,7-9,17H2,1H3. The summed E-state index contributed by atoms with van der Waals surface area (Å²) in [7, 11) is 0. The van der Waals surface area contributed by atoms with Crippen molar-refractivity contribution in [2.45, 2.75) is 44.1 Å². The molecular formula is C15H18ClN3O. The second-order valence-electron chi connectivity index (χ2n) is 5.70. The van der Waals surface area contributed by atoms with Gasteiger partial charge in [0.15, 0.2) is 5.82 Å². The van der Waals surface area contributed by atoms with Crippen molar-refractivity contribution in [2.24, 2.45) is 5.73 Å². The van der Waals surface area contributed by atoms with Gasteiger partial charge in [0.05, 0.1) is 5.41 Å². The van der Waals surface area contributed by atoms with Crippen molar-refractivity contribution in [1.82, 2.24) is 10.1 Å². The average molecular weight is 292 g/mol. The van der Waals surface area contributed by atoms with Crippen molar-refractivity contribution >= 4 is 11.6 Å². The van der Waals surface area contributed by atoms with Gasteiger partial charge in [0.2, 0.25) is 5.89 Å². The molecule has 106 valence electrons. The van der Waals surface area contributed by atoms with Gasteiger partial charge >= 0.3 is 0 Å². The number of benzene rings is 1. The first-order valence-electron chi connectivity index (χ1n) is 6.91. The Hall–Kier alpha value is -1.39. The molecule has 2 atom stereocenters. The molecule has 1 aliphatic rings. The van der Waals surface area contributed by atoms with Gasteiger partial charge in [-0.05, 0) is 31.4 Å². The lowest BCUT2D eigenvalue weighted by Crippen LogP contribution is -2.38. The average Bonchev–Trinajstić information content (AvgIpc) is 3.02. The predicted octanol–water partition coefficient (Wildman–Crippen LogP) is 3.08. The second-order valence-corrected chi connectivity index (χ2v) is 6.11. The summed E-state index contributed by atoms with van der Waals surface area (Å²) in [6, 6.07) is 7.80. The molecule has 1 heterocycles. The van der Waals surface area contributed by atoms with Crippen LogP contribution in [0.5, 0.6) is 0 Å². The van der Waals surface area contributed by atoms with Crippen molar-refractivity contribution in [3.8, 4) is 0 Å². The van der Waals surface area contributed by atoms with E-state index in [1.165, 1.54) is 0 Å². The normalized spacial score (nSPS) is 26.1. The summed E-state index contributed by atoms with van der Waals surface area (Å²) in [6.07, 6.45) is 3.70. The largest absolute Gasteiger partial charge is 0.339 e. The van der Waals surface area contributed by atoms with E-state index in [1.807, 2.05) is 24.3 Å². The quantitative estimate of drug-likeness (QED) is 0.944. The van der Waals surface area contributed by atoms with Gasteiger partial charge in [0, 0.05) is 17.5 Å². The topological polar surface area (TPSA) is 64.9 Å². The Morgan fingerprint density at radius 3 is 2.95 bits per heavy atom. The molecule has 1 aromatic heterocycles. The third-order valence-electron chi connectivity index (χ3n) is 4.29. The highest BCUT2D eigenvalue weighted by Crippen LogP contribution is 2.39. The van der Waals surface area contributed by atoms with Crippen molar-refractivity contribution in [3.63, 3.8) is 0 Å². The van der Waals surface area contributed by atoms with Crippen molar-refractivity contribution < 1.29 is 4.52 Å². The van der Waals surface area contributed by atoms with Crippen LogP contribution in [0.15, 0.2) is 28.8 Å². The number of aromatic nitrogens is 2. The molecule has 1 saturated carbocycles. The van der Waals surface area contributed by atoms with Gasteiger partial charge in [-0.15, -0.1) is 0 Å². The van der Waals surface area contributed by atoms with Gasteiger partial charge in [-0.3, -0.25) is 0 Å². The summed E-state index contributed by atoms with van der Waals surface area (Å²) in [5.41, 5.74) is 7.00. The molecule has 0 bridgehead atoms. The molecule has 4 nitrogen and oxygen atoms in total. The molecule has 0 radical (unpaired) electrons. The van der Waals surface area contributed by atoms with E-state index < -0.39 is 0 Å². The summed E-state index contributed by atoms with van der Waals surface area (Å²) < 4.78 is 5.45. The van der Waals surface area contributed by atoms with Crippen LogP contribution in [0.2, 0.25) is 5.02 Å². The van der Waals surface area contributed by atoms with E-state index in [0.717, 1.165) is 29.8 Å². The fourth-order valence-corrected chi connectivity index (χ4v) is 3.03. The fraction of sp³-hybridized carbons (Fsp3) is 0.467. The molecule has 2 aromatic rings. The summed E-state index contributed by atoms with van der Waals surface area (Å²) in [5, 5.41) is 4.80. The molecule has 2 N–H and O–H groups in total. The second kappa shape index (κ2) is 5.19. The zero-order valence-electron chi connectivity index (χ0n) is 11.5. The van der Waals surface area contributed by atoms with Gasteiger partial charge in [0.25, 0.3) is 0 Å². The number of hydrogen-bond acceptors (Lipinski definition) is 4. The van der Waals surface area contributed by atoms with Gasteiger partial charge < -0.3 is 10.3 Å². The summed E-state index contributed by atoms with van der Waals surface area (Å²) in [6.45, 7) is 2.11. The van der Waals surface area contributed by atoms with E-state index in [-0.39, 0.29) is 11.5 Å². The highest BCUT2D eigenvalue weighted by Gasteiger charge is 2.42. The molecule has 3 rings (SSSR count). The Balaban J connectivity index is 1.83. The number of nitrogens with zero attached hydrogens (tertiary/aromatic N) is 2. The number of nitrogens with two attached hydrogens (primary N) is 1. The molecule has 0 spiro atoms. The Morgan fingerprint density at radius 1 is 1.45 bits per heavy atom. The van der Waals surface area contributed by atoms with Crippen LogP contribution in [0, 0.1) is 0 Å². The smallest absolute Gasteiger partial charge is 0.234 e. The minimum Gasteiger partial charge on any atom is -0.339 e. The number of rotatable bonds is 3. The summed E-state index contributed by atoms with van der Waals surface area (Å²) in [4.78, 5) is 4.53. The first-order valence-corrected chi connectivity index (χ1v) is 7.29. The minimum atomic E-state index is -0.189. The molecule has 5 heteroatoms. The van der Waals surface area contributed by atoms with Crippen LogP contribution in [0.25, 0.3) is 0 Å². The van der Waals surface area contributed by atoms with Gasteiger partial charge in [-0.2, -0.15) is 4.98 Å². The van der Waals surface area contributed by atoms with Crippen LogP contribution < -0.4 is 5.73 Å². The Labute approximate surface area is 123 Å². The molecule has 2 unspecified atom stereocenters. The summed E-state index contributed by atoms with van der Waals surface area (Å²) >= 11 is 6.15. The van der Waals surface area contributed by atoms with E-state index in [2.05, 4.69) is 17.1 Å². The maximum atomic E-state index is 6.18. The monoisotopic (exact) mass is 291 g/mol.